The van der Waals surface area contributed by atoms with Crippen LogP contribution in [0, 0.1) is 0 Å². The van der Waals surface area contributed by atoms with Crippen LogP contribution in [0.2, 0.25) is 0 Å². The summed E-state index contributed by atoms with van der Waals surface area (Å²) in [6.45, 7) is 0.474. The molecule has 3 aromatic heterocycles. The Morgan fingerprint density at radius 1 is 1.47 bits per heavy atom. The molecule has 3 aromatic rings. The minimum Gasteiger partial charge on any atom is -0.476 e. The first kappa shape index (κ1) is 10.0. The van der Waals surface area contributed by atoms with Crippen LogP contribution in [-0.2, 0) is 6.54 Å². The maximum absolute atomic E-state index is 10.7. The third kappa shape index (κ3) is 1.80. The number of carbonyl (C=O) groups is 1. The van der Waals surface area contributed by atoms with Crippen molar-refractivity contribution in [2.45, 2.75) is 6.54 Å². The Morgan fingerprint density at radius 3 is 3.06 bits per heavy atom. The largest absolute Gasteiger partial charge is 0.476 e. The fraction of sp³-hybridized carbons (Fsp3) is 0.100. The Hall–Kier alpha value is -2.15. The van der Waals surface area contributed by atoms with Crippen molar-refractivity contribution in [2.24, 2.45) is 0 Å². The van der Waals surface area contributed by atoms with Crippen LogP contribution >= 0.6 is 11.3 Å². The Bertz CT molecular complexity index is 653. The lowest BCUT2D eigenvalue weighted by Gasteiger charge is -1.95. The summed E-state index contributed by atoms with van der Waals surface area (Å²) in [5, 5.41) is 14.6. The van der Waals surface area contributed by atoms with Crippen LogP contribution in [0.25, 0.3) is 4.96 Å². The summed E-state index contributed by atoms with van der Waals surface area (Å²) in [5.41, 5.74) is 0.905. The van der Waals surface area contributed by atoms with Gasteiger partial charge in [-0.2, -0.15) is 5.10 Å². The molecule has 17 heavy (non-hydrogen) atoms. The number of carboxylic acids is 1. The lowest BCUT2D eigenvalue weighted by Crippen LogP contribution is -2.04. The molecule has 0 aliphatic rings. The molecule has 0 saturated carbocycles. The highest BCUT2D eigenvalue weighted by molar-refractivity contribution is 7.15. The van der Waals surface area contributed by atoms with Crippen molar-refractivity contribution in [1.82, 2.24) is 19.2 Å². The summed E-state index contributed by atoms with van der Waals surface area (Å²) in [4.78, 5) is 16.0. The maximum Gasteiger partial charge on any atom is 0.356 e. The number of hydrogen-bond acceptors (Lipinski definition) is 4. The van der Waals surface area contributed by atoms with Gasteiger partial charge in [-0.15, -0.1) is 11.3 Å². The predicted octanol–water partition coefficient (Wildman–Crippen LogP) is 1.34. The van der Waals surface area contributed by atoms with E-state index in [1.165, 1.54) is 6.07 Å². The van der Waals surface area contributed by atoms with Crippen LogP contribution < -0.4 is 0 Å². The zero-order valence-electron chi connectivity index (χ0n) is 8.65. The zero-order chi connectivity index (χ0) is 11.8. The number of hydrogen-bond donors (Lipinski definition) is 1. The lowest BCUT2D eigenvalue weighted by molar-refractivity contribution is 0.0689. The van der Waals surface area contributed by atoms with E-state index < -0.39 is 5.97 Å². The van der Waals surface area contributed by atoms with Crippen molar-refractivity contribution in [2.75, 3.05) is 0 Å². The van der Waals surface area contributed by atoms with Gasteiger partial charge < -0.3 is 5.11 Å². The Labute approximate surface area is 99.8 Å². The average Bonchev–Trinajstić information content (AvgIpc) is 2.91. The third-order valence-electron chi connectivity index (χ3n) is 2.33. The third-order valence-corrected chi connectivity index (χ3v) is 3.10. The highest BCUT2D eigenvalue weighted by Gasteiger charge is 2.08. The average molecular weight is 248 g/mol. The molecule has 0 fully saturated rings. The van der Waals surface area contributed by atoms with Gasteiger partial charge in [-0.25, -0.2) is 9.78 Å². The predicted molar refractivity (Wildman–Crippen MR) is 61.4 cm³/mol. The monoisotopic (exact) mass is 248 g/mol. The fourth-order valence-electron chi connectivity index (χ4n) is 1.58. The molecule has 0 atom stereocenters. The Kier molecular flexibility index (Phi) is 2.19. The number of carboxylic acid groups (broad SMARTS) is 1. The normalized spacial score (nSPS) is 11.1. The highest BCUT2D eigenvalue weighted by atomic mass is 32.1. The molecule has 1 N–H and O–H groups in total. The molecule has 6 nitrogen and oxygen atoms in total. The first-order valence-electron chi connectivity index (χ1n) is 4.90. The molecule has 0 amide bonds. The number of nitrogens with zero attached hydrogens (tertiary/aromatic N) is 4. The van der Waals surface area contributed by atoms with Gasteiger partial charge in [0.1, 0.15) is 0 Å². The van der Waals surface area contributed by atoms with E-state index >= 15 is 0 Å². The van der Waals surface area contributed by atoms with E-state index in [9.17, 15) is 4.79 Å². The van der Waals surface area contributed by atoms with Crippen LogP contribution in [0.3, 0.4) is 0 Å². The van der Waals surface area contributed by atoms with E-state index in [0.717, 1.165) is 10.7 Å². The van der Waals surface area contributed by atoms with Crippen molar-refractivity contribution >= 4 is 22.3 Å². The van der Waals surface area contributed by atoms with Crippen molar-refractivity contribution in [3.05, 3.63) is 41.4 Å². The quantitative estimate of drug-likeness (QED) is 0.759. The summed E-state index contributed by atoms with van der Waals surface area (Å²) in [6.07, 6.45) is 5.48. The molecule has 0 aliphatic heterocycles. The second-order valence-electron chi connectivity index (χ2n) is 3.53. The van der Waals surface area contributed by atoms with Crippen LogP contribution in [0.15, 0.2) is 30.0 Å². The molecule has 7 heteroatoms. The lowest BCUT2D eigenvalue weighted by atomic mass is 10.4. The van der Waals surface area contributed by atoms with Crippen molar-refractivity contribution in [1.29, 1.82) is 0 Å². The second-order valence-corrected chi connectivity index (χ2v) is 4.40. The second kappa shape index (κ2) is 3.70. The number of aromatic carboxylic acids is 1. The topological polar surface area (TPSA) is 72.4 Å². The van der Waals surface area contributed by atoms with E-state index in [0.29, 0.717) is 6.54 Å². The molecule has 0 unspecified atom stereocenters. The zero-order valence-corrected chi connectivity index (χ0v) is 9.46. The van der Waals surface area contributed by atoms with Gasteiger partial charge in [-0.3, -0.25) is 9.08 Å². The van der Waals surface area contributed by atoms with Gasteiger partial charge in [0.05, 0.1) is 12.2 Å². The van der Waals surface area contributed by atoms with E-state index in [4.69, 9.17) is 5.11 Å². The van der Waals surface area contributed by atoms with E-state index in [1.54, 1.807) is 22.2 Å². The smallest absolute Gasteiger partial charge is 0.356 e. The number of aromatic nitrogens is 4. The van der Waals surface area contributed by atoms with E-state index in [2.05, 4.69) is 10.1 Å². The molecule has 0 bridgehead atoms. The van der Waals surface area contributed by atoms with Gasteiger partial charge in [-0.05, 0) is 6.07 Å². The summed E-state index contributed by atoms with van der Waals surface area (Å²) in [6, 6.07) is 1.47. The molecule has 0 radical (unpaired) electrons. The van der Waals surface area contributed by atoms with Crippen LogP contribution in [0.1, 0.15) is 16.2 Å². The molecule has 0 spiro atoms. The maximum atomic E-state index is 10.7. The number of imidazole rings is 1. The molecule has 0 saturated heterocycles. The van der Waals surface area contributed by atoms with Crippen LogP contribution in [-0.4, -0.2) is 30.2 Å². The SMILES string of the molecule is O=C(O)c1ccn(Cc2cn3ccsc3n2)n1. The molecule has 3 rings (SSSR count). The summed E-state index contributed by atoms with van der Waals surface area (Å²) < 4.78 is 3.50. The van der Waals surface area contributed by atoms with E-state index in [-0.39, 0.29) is 5.69 Å². The minimum atomic E-state index is -1.02. The van der Waals surface area contributed by atoms with Gasteiger partial charge in [0.2, 0.25) is 0 Å². The molecule has 3 heterocycles. The fourth-order valence-corrected chi connectivity index (χ4v) is 2.30. The summed E-state index contributed by atoms with van der Waals surface area (Å²) >= 11 is 1.56. The standard InChI is InChI=1S/C10H8N4O2S/c15-9(16)8-1-2-14(12-8)6-7-5-13-3-4-17-10(13)11-7/h1-5H,6H2,(H,15,16). The van der Waals surface area contributed by atoms with Crippen LogP contribution in [0.5, 0.6) is 0 Å². The van der Waals surface area contributed by atoms with Gasteiger partial charge in [-0.1, -0.05) is 0 Å². The van der Waals surface area contributed by atoms with Crippen molar-refractivity contribution in [3.8, 4) is 0 Å². The van der Waals surface area contributed by atoms with Gasteiger partial charge in [0.25, 0.3) is 0 Å². The van der Waals surface area contributed by atoms with Crippen molar-refractivity contribution in [3.63, 3.8) is 0 Å². The summed E-state index contributed by atoms with van der Waals surface area (Å²) in [5.74, 6) is -1.02. The first-order chi connectivity index (χ1) is 8.22. The number of thiazole rings is 1. The molecular formula is C10H8N4O2S. The molecule has 86 valence electrons. The molecule has 0 aromatic carbocycles. The first-order valence-corrected chi connectivity index (χ1v) is 5.78. The Morgan fingerprint density at radius 2 is 2.35 bits per heavy atom. The highest BCUT2D eigenvalue weighted by Crippen LogP contribution is 2.12. The van der Waals surface area contributed by atoms with Gasteiger partial charge in [0, 0.05) is 24.0 Å². The minimum absolute atomic E-state index is 0.0472. The van der Waals surface area contributed by atoms with Crippen molar-refractivity contribution < 1.29 is 9.90 Å². The molecular weight excluding hydrogens is 240 g/mol. The summed E-state index contributed by atoms with van der Waals surface area (Å²) in [7, 11) is 0. The van der Waals surface area contributed by atoms with E-state index in [1.807, 2.05) is 22.2 Å². The molecule has 0 aliphatic carbocycles. The van der Waals surface area contributed by atoms with Gasteiger partial charge >= 0.3 is 5.97 Å². The van der Waals surface area contributed by atoms with Gasteiger partial charge in [0.15, 0.2) is 10.7 Å². The van der Waals surface area contributed by atoms with Crippen LogP contribution in [0.4, 0.5) is 0 Å². The number of rotatable bonds is 3. The Balaban J connectivity index is 1.86. The number of fused-ring (bicyclic) bond motifs is 1.